The molecule has 0 atom stereocenters. The van der Waals surface area contributed by atoms with Crippen LogP contribution in [0.1, 0.15) is 5.56 Å². The van der Waals surface area contributed by atoms with Crippen LogP contribution in [0.3, 0.4) is 0 Å². The lowest BCUT2D eigenvalue weighted by Gasteiger charge is -2.14. The third-order valence-corrected chi connectivity index (χ3v) is 4.60. The summed E-state index contributed by atoms with van der Waals surface area (Å²) in [5.74, 6) is 1.87. The molecule has 1 heterocycles. The first kappa shape index (κ1) is 17.1. The normalized spacial score (nSPS) is 10.9. The van der Waals surface area contributed by atoms with Crippen LogP contribution >= 0.6 is 0 Å². The van der Waals surface area contributed by atoms with Crippen LogP contribution in [0, 0.1) is 0 Å². The van der Waals surface area contributed by atoms with Crippen molar-refractivity contribution in [1.29, 1.82) is 0 Å². The zero-order valence-corrected chi connectivity index (χ0v) is 15.5. The molecule has 0 saturated carbocycles. The number of hydrogen-bond donors (Lipinski definition) is 1. The highest BCUT2D eigenvalue weighted by atomic mass is 16.5. The smallest absolute Gasteiger partial charge is 0.203 e. The Bertz CT molecular complexity index is 1080. The quantitative estimate of drug-likeness (QED) is 0.509. The van der Waals surface area contributed by atoms with Crippen molar-refractivity contribution in [2.24, 2.45) is 0 Å². The number of anilines is 1. The number of methoxy groups -OCH3 is 3. The maximum Gasteiger partial charge on any atom is 0.203 e. The third-order valence-electron chi connectivity index (χ3n) is 4.60. The maximum atomic E-state index is 5.95. The molecule has 0 fully saturated rings. The van der Waals surface area contributed by atoms with Gasteiger partial charge in [-0.2, -0.15) is 0 Å². The highest BCUT2D eigenvalue weighted by Crippen LogP contribution is 2.38. The number of benzene rings is 3. The van der Waals surface area contributed by atoms with Crippen molar-refractivity contribution in [3.05, 3.63) is 60.2 Å². The standard InChI is InChI=1S/C22H21NO4/c1-24-20-10-14(11-21(25-2)22(20)26-3)13-23-15-8-9-17-16-6-4-5-7-18(16)27-19(17)12-15/h4-12,23H,13H2,1-3H3. The van der Waals surface area contributed by atoms with Gasteiger partial charge in [-0.25, -0.2) is 0 Å². The summed E-state index contributed by atoms with van der Waals surface area (Å²) < 4.78 is 22.2. The van der Waals surface area contributed by atoms with Crippen molar-refractivity contribution < 1.29 is 18.6 Å². The van der Waals surface area contributed by atoms with Crippen molar-refractivity contribution >= 4 is 27.6 Å². The summed E-state index contributed by atoms with van der Waals surface area (Å²) in [4.78, 5) is 0. The van der Waals surface area contributed by atoms with E-state index in [1.807, 2.05) is 36.4 Å². The second kappa shape index (κ2) is 7.11. The molecule has 4 aromatic rings. The number of nitrogens with one attached hydrogen (secondary N) is 1. The first-order chi connectivity index (χ1) is 13.2. The second-order valence-corrected chi connectivity index (χ2v) is 6.20. The van der Waals surface area contributed by atoms with Crippen LogP contribution in [0.25, 0.3) is 21.9 Å². The third kappa shape index (κ3) is 3.12. The van der Waals surface area contributed by atoms with Gasteiger partial charge in [0.15, 0.2) is 11.5 Å². The summed E-state index contributed by atoms with van der Waals surface area (Å²) >= 11 is 0. The maximum absolute atomic E-state index is 5.95. The number of hydrogen-bond acceptors (Lipinski definition) is 5. The summed E-state index contributed by atoms with van der Waals surface area (Å²) in [5.41, 5.74) is 3.77. The lowest BCUT2D eigenvalue weighted by molar-refractivity contribution is 0.324. The van der Waals surface area contributed by atoms with Gasteiger partial charge in [-0.05, 0) is 35.9 Å². The lowest BCUT2D eigenvalue weighted by Crippen LogP contribution is -2.02. The number of para-hydroxylation sites is 1. The molecular formula is C22H21NO4. The van der Waals surface area contributed by atoms with Crippen molar-refractivity contribution in [2.45, 2.75) is 6.54 Å². The SMILES string of the molecule is COc1cc(CNc2ccc3c(c2)oc2ccccc23)cc(OC)c1OC. The number of ether oxygens (including phenoxy) is 3. The Morgan fingerprint density at radius 3 is 2.19 bits per heavy atom. The molecule has 0 amide bonds. The Morgan fingerprint density at radius 2 is 1.48 bits per heavy atom. The number of furan rings is 1. The van der Waals surface area contributed by atoms with Crippen molar-refractivity contribution in [3.63, 3.8) is 0 Å². The van der Waals surface area contributed by atoms with Crippen LogP contribution in [-0.4, -0.2) is 21.3 Å². The Balaban J connectivity index is 1.60. The molecule has 3 aromatic carbocycles. The van der Waals surface area contributed by atoms with Gasteiger partial charge in [0.25, 0.3) is 0 Å². The van der Waals surface area contributed by atoms with Gasteiger partial charge in [0.05, 0.1) is 21.3 Å². The van der Waals surface area contributed by atoms with E-state index in [2.05, 4.69) is 23.5 Å². The van der Waals surface area contributed by atoms with Crippen molar-refractivity contribution in [1.82, 2.24) is 0 Å². The Hall–Kier alpha value is -3.34. The highest BCUT2D eigenvalue weighted by molar-refractivity contribution is 6.05. The van der Waals surface area contributed by atoms with Gasteiger partial charge in [-0.3, -0.25) is 0 Å². The van der Waals surface area contributed by atoms with Gasteiger partial charge >= 0.3 is 0 Å². The fraction of sp³-hybridized carbons (Fsp3) is 0.182. The number of fused-ring (bicyclic) bond motifs is 3. The fourth-order valence-electron chi connectivity index (χ4n) is 3.28. The van der Waals surface area contributed by atoms with Gasteiger partial charge in [-0.1, -0.05) is 18.2 Å². The molecule has 1 aromatic heterocycles. The van der Waals surface area contributed by atoms with E-state index >= 15 is 0 Å². The predicted molar refractivity (Wildman–Crippen MR) is 107 cm³/mol. The molecule has 5 nitrogen and oxygen atoms in total. The first-order valence-corrected chi connectivity index (χ1v) is 8.67. The second-order valence-electron chi connectivity index (χ2n) is 6.20. The fourth-order valence-corrected chi connectivity index (χ4v) is 3.28. The van der Waals surface area contributed by atoms with Gasteiger partial charge in [0, 0.05) is 29.1 Å². The first-order valence-electron chi connectivity index (χ1n) is 8.67. The van der Waals surface area contributed by atoms with E-state index in [0.717, 1.165) is 33.2 Å². The Labute approximate surface area is 157 Å². The van der Waals surface area contributed by atoms with Crippen LogP contribution in [0.15, 0.2) is 59.0 Å². The van der Waals surface area contributed by atoms with Crippen LogP contribution in [0.4, 0.5) is 5.69 Å². The molecule has 0 aliphatic carbocycles. The molecule has 0 aliphatic rings. The van der Waals surface area contributed by atoms with Gasteiger partial charge < -0.3 is 23.9 Å². The molecule has 0 unspecified atom stereocenters. The van der Waals surface area contributed by atoms with Gasteiger partial charge in [0.2, 0.25) is 5.75 Å². The molecule has 27 heavy (non-hydrogen) atoms. The van der Waals surface area contributed by atoms with E-state index in [0.29, 0.717) is 23.8 Å². The molecule has 0 bridgehead atoms. The van der Waals surface area contributed by atoms with Crippen LogP contribution in [-0.2, 0) is 6.54 Å². The van der Waals surface area contributed by atoms with Crippen molar-refractivity contribution in [2.75, 3.05) is 26.6 Å². The minimum Gasteiger partial charge on any atom is -0.493 e. The number of rotatable bonds is 6. The van der Waals surface area contributed by atoms with E-state index in [4.69, 9.17) is 18.6 Å². The van der Waals surface area contributed by atoms with Gasteiger partial charge in [-0.15, -0.1) is 0 Å². The summed E-state index contributed by atoms with van der Waals surface area (Å²) in [6, 6.07) is 18.1. The largest absolute Gasteiger partial charge is 0.493 e. The van der Waals surface area contributed by atoms with E-state index < -0.39 is 0 Å². The van der Waals surface area contributed by atoms with Gasteiger partial charge in [0.1, 0.15) is 11.2 Å². The molecule has 4 rings (SSSR count). The summed E-state index contributed by atoms with van der Waals surface area (Å²) in [6.07, 6.45) is 0. The highest BCUT2D eigenvalue weighted by Gasteiger charge is 2.13. The van der Waals surface area contributed by atoms with E-state index in [9.17, 15) is 0 Å². The average Bonchev–Trinajstić information content (AvgIpc) is 3.09. The minimum atomic E-state index is 0.590. The Kier molecular flexibility index (Phi) is 4.50. The average molecular weight is 363 g/mol. The molecule has 138 valence electrons. The molecule has 0 spiro atoms. The molecule has 0 saturated heterocycles. The van der Waals surface area contributed by atoms with E-state index in [1.54, 1.807) is 21.3 Å². The Morgan fingerprint density at radius 1 is 0.778 bits per heavy atom. The zero-order chi connectivity index (χ0) is 18.8. The van der Waals surface area contributed by atoms with Crippen LogP contribution < -0.4 is 19.5 Å². The summed E-state index contributed by atoms with van der Waals surface area (Å²) in [7, 11) is 4.83. The van der Waals surface area contributed by atoms with E-state index in [-0.39, 0.29) is 0 Å². The van der Waals surface area contributed by atoms with Crippen LogP contribution in [0.5, 0.6) is 17.2 Å². The monoisotopic (exact) mass is 363 g/mol. The minimum absolute atomic E-state index is 0.590. The topological polar surface area (TPSA) is 52.9 Å². The molecule has 0 radical (unpaired) electrons. The zero-order valence-electron chi connectivity index (χ0n) is 15.5. The van der Waals surface area contributed by atoms with E-state index in [1.165, 1.54) is 0 Å². The summed E-state index contributed by atoms with van der Waals surface area (Å²) in [6.45, 7) is 0.614. The molecular weight excluding hydrogens is 342 g/mol. The molecule has 5 heteroatoms. The molecule has 1 N–H and O–H groups in total. The van der Waals surface area contributed by atoms with Crippen molar-refractivity contribution in [3.8, 4) is 17.2 Å². The molecule has 0 aliphatic heterocycles. The lowest BCUT2D eigenvalue weighted by atomic mass is 10.1. The van der Waals surface area contributed by atoms with Crippen LogP contribution in [0.2, 0.25) is 0 Å². The summed E-state index contributed by atoms with van der Waals surface area (Å²) in [5, 5.41) is 5.67. The predicted octanol–water partition coefficient (Wildman–Crippen LogP) is 5.22.